The Hall–Kier alpha value is -3.20. The van der Waals surface area contributed by atoms with Gasteiger partial charge in [0.1, 0.15) is 5.75 Å². The van der Waals surface area contributed by atoms with Gasteiger partial charge in [0.2, 0.25) is 15.9 Å². The van der Waals surface area contributed by atoms with Gasteiger partial charge < -0.3 is 14.8 Å². The van der Waals surface area contributed by atoms with Crippen molar-refractivity contribution in [1.82, 2.24) is 4.31 Å². The van der Waals surface area contributed by atoms with Crippen LogP contribution < -0.4 is 10.1 Å². The summed E-state index contributed by atoms with van der Waals surface area (Å²) in [5, 5.41) is 2.85. The number of nitrogens with one attached hydrogen (secondary N) is 1. The molecule has 7 nitrogen and oxygen atoms in total. The Bertz CT molecular complexity index is 1220. The number of rotatable bonds is 7. The predicted octanol–water partition coefficient (Wildman–Crippen LogP) is 3.99. The van der Waals surface area contributed by atoms with Crippen molar-refractivity contribution in [3.63, 3.8) is 0 Å². The Morgan fingerprint density at radius 3 is 2.42 bits per heavy atom. The molecule has 0 atom stereocenters. The Morgan fingerprint density at radius 2 is 1.70 bits per heavy atom. The highest BCUT2D eigenvalue weighted by Gasteiger charge is 2.27. The fourth-order valence-electron chi connectivity index (χ4n) is 3.58. The molecule has 4 rings (SSSR count). The third-order valence-corrected chi connectivity index (χ3v) is 7.31. The van der Waals surface area contributed by atoms with Crippen LogP contribution in [-0.4, -0.2) is 44.9 Å². The number of nitrogens with zero attached hydrogens (tertiary/aromatic N) is 1. The second kappa shape index (κ2) is 10.2. The topological polar surface area (TPSA) is 84.9 Å². The van der Waals surface area contributed by atoms with Gasteiger partial charge in [-0.05, 0) is 48.4 Å². The van der Waals surface area contributed by atoms with Crippen LogP contribution in [0.4, 0.5) is 5.69 Å². The molecule has 0 bridgehead atoms. The number of sulfonamides is 1. The SMILES string of the molecule is Cc1ccccc1CC(=O)Nc1cc(S(=O)(=O)N2CCOCC2)ccc1Oc1ccccc1. The first-order chi connectivity index (χ1) is 15.9. The molecule has 3 aromatic carbocycles. The van der Waals surface area contributed by atoms with Gasteiger partial charge in [-0.25, -0.2) is 8.42 Å². The van der Waals surface area contributed by atoms with Crippen molar-refractivity contribution in [2.45, 2.75) is 18.2 Å². The number of anilines is 1. The number of morpholine rings is 1. The molecular weight excluding hydrogens is 440 g/mol. The normalized spacial score (nSPS) is 14.6. The monoisotopic (exact) mass is 466 g/mol. The average molecular weight is 467 g/mol. The first-order valence-electron chi connectivity index (χ1n) is 10.7. The van der Waals surface area contributed by atoms with E-state index in [2.05, 4.69) is 5.32 Å². The molecule has 3 aromatic rings. The third kappa shape index (κ3) is 5.60. The summed E-state index contributed by atoms with van der Waals surface area (Å²) in [6, 6.07) is 21.3. The van der Waals surface area contributed by atoms with Gasteiger partial charge in [-0.1, -0.05) is 42.5 Å². The van der Waals surface area contributed by atoms with Crippen molar-refractivity contribution in [1.29, 1.82) is 0 Å². The minimum absolute atomic E-state index is 0.0935. The molecule has 1 saturated heterocycles. The molecule has 172 valence electrons. The molecule has 1 aliphatic rings. The maximum atomic E-state index is 13.1. The number of hydrogen-bond acceptors (Lipinski definition) is 5. The quantitative estimate of drug-likeness (QED) is 0.569. The highest BCUT2D eigenvalue weighted by Crippen LogP contribution is 2.33. The molecule has 0 radical (unpaired) electrons. The van der Waals surface area contributed by atoms with Gasteiger partial charge in [0, 0.05) is 13.1 Å². The molecular formula is C25H26N2O5S. The van der Waals surface area contributed by atoms with Crippen molar-refractivity contribution < 1.29 is 22.7 Å². The van der Waals surface area contributed by atoms with E-state index < -0.39 is 10.0 Å². The van der Waals surface area contributed by atoms with Crippen LogP contribution in [0.5, 0.6) is 11.5 Å². The average Bonchev–Trinajstić information content (AvgIpc) is 2.83. The standard InChI is InChI=1S/C25H26N2O5S/c1-19-7-5-6-8-20(19)17-25(28)26-23-18-22(33(29,30)27-13-15-31-16-14-27)11-12-24(23)32-21-9-3-2-4-10-21/h2-12,18H,13-17H2,1H3,(H,26,28). The molecule has 0 aliphatic carbocycles. The zero-order chi connectivity index (χ0) is 23.3. The number of aryl methyl sites for hydroxylation is 1. The summed E-state index contributed by atoms with van der Waals surface area (Å²) < 4.78 is 38.9. The lowest BCUT2D eigenvalue weighted by atomic mass is 10.1. The predicted molar refractivity (Wildman–Crippen MR) is 126 cm³/mol. The third-order valence-electron chi connectivity index (χ3n) is 5.42. The number of carbonyl (C=O) groups excluding carboxylic acids is 1. The van der Waals surface area contributed by atoms with Crippen LogP contribution >= 0.6 is 0 Å². The largest absolute Gasteiger partial charge is 0.455 e. The fourth-order valence-corrected chi connectivity index (χ4v) is 5.02. The van der Waals surface area contributed by atoms with E-state index in [4.69, 9.17) is 9.47 Å². The molecule has 1 amide bonds. The number of benzene rings is 3. The van der Waals surface area contributed by atoms with E-state index in [0.717, 1.165) is 11.1 Å². The molecule has 0 saturated carbocycles. The van der Waals surface area contributed by atoms with E-state index in [0.29, 0.717) is 43.5 Å². The van der Waals surface area contributed by atoms with Crippen LogP contribution in [0.3, 0.4) is 0 Å². The van der Waals surface area contributed by atoms with E-state index in [-0.39, 0.29) is 17.2 Å². The van der Waals surface area contributed by atoms with E-state index in [1.807, 2.05) is 49.4 Å². The molecule has 33 heavy (non-hydrogen) atoms. The smallest absolute Gasteiger partial charge is 0.243 e. The maximum absolute atomic E-state index is 13.1. The van der Waals surface area contributed by atoms with Gasteiger partial charge >= 0.3 is 0 Å². The minimum atomic E-state index is -3.73. The molecule has 1 aliphatic heterocycles. The van der Waals surface area contributed by atoms with Gasteiger partial charge in [0.15, 0.2) is 5.75 Å². The summed E-state index contributed by atoms with van der Waals surface area (Å²) in [5.74, 6) is 0.680. The van der Waals surface area contributed by atoms with Crippen molar-refractivity contribution in [2.75, 3.05) is 31.6 Å². The zero-order valence-corrected chi connectivity index (χ0v) is 19.2. The molecule has 0 aromatic heterocycles. The summed E-state index contributed by atoms with van der Waals surface area (Å²) in [5.41, 5.74) is 2.21. The molecule has 1 N–H and O–H groups in total. The van der Waals surface area contributed by atoms with Crippen LogP contribution in [0, 0.1) is 6.92 Å². The Balaban J connectivity index is 1.64. The van der Waals surface area contributed by atoms with Gasteiger partial charge in [-0.3, -0.25) is 4.79 Å². The highest BCUT2D eigenvalue weighted by atomic mass is 32.2. The summed E-state index contributed by atoms with van der Waals surface area (Å²) in [6.45, 7) is 3.24. The molecule has 1 fully saturated rings. The lowest BCUT2D eigenvalue weighted by molar-refractivity contribution is -0.115. The lowest BCUT2D eigenvalue weighted by Crippen LogP contribution is -2.40. The first-order valence-corrected chi connectivity index (χ1v) is 12.2. The molecule has 1 heterocycles. The summed E-state index contributed by atoms with van der Waals surface area (Å²) in [4.78, 5) is 13.0. The molecule has 0 unspecified atom stereocenters. The highest BCUT2D eigenvalue weighted by molar-refractivity contribution is 7.89. The van der Waals surface area contributed by atoms with Gasteiger partial charge in [-0.2, -0.15) is 4.31 Å². The van der Waals surface area contributed by atoms with Gasteiger partial charge in [0.25, 0.3) is 0 Å². The number of amides is 1. The van der Waals surface area contributed by atoms with E-state index >= 15 is 0 Å². The number of hydrogen-bond donors (Lipinski definition) is 1. The van der Waals surface area contributed by atoms with Crippen LogP contribution in [0.2, 0.25) is 0 Å². The van der Waals surface area contributed by atoms with Crippen molar-refractivity contribution in [2.24, 2.45) is 0 Å². The van der Waals surface area contributed by atoms with Crippen molar-refractivity contribution in [3.05, 3.63) is 83.9 Å². The van der Waals surface area contributed by atoms with Crippen LogP contribution in [0.15, 0.2) is 77.7 Å². The van der Waals surface area contributed by atoms with E-state index in [1.54, 1.807) is 18.2 Å². The van der Waals surface area contributed by atoms with Crippen LogP contribution in [-0.2, 0) is 26.0 Å². The summed E-state index contributed by atoms with van der Waals surface area (Å²) >= 11 is 0. The molecule has 0 spiro atoms. The molecule has 8 heteroatoms. The van der Waals surface area contributed by atoms with E-state index in [9.17, 15) is 13.2 Å². The maximum Gasteiger partial charge on any atom is 0.243 e. The fraction of sp³-hybridized carbons (Fsp3) is 0.240. The number of carbonyl (C=O) groups is 1. The second-order valence-electron chi connectivity index (χ2n) is 7.74. The Kier molecular flexibility index (Phi) is 7.08. The number of para-hydroxylation sites is 1. The summed E-state index contributed by atoms with van der Waals surface area (Å²) in [6.07, 6.45) is 0.165. The van der Waals surface area contributed by atoms with Crippen molar-refractivity contribution >= 4 is 21.6 Å². The van der Waals surface area contributed by atoms with Crippen molar-refractivity contribution in [3.8, 4) is 11.5 Å². The first kappa shape index (κ1) is 23.0. The Labute approximate surface area is 194 Å². The van der Waals surface area contributed by atoms with Gasteiger partial charge in [-0.15, -0.1) is 0 Å². The summed E-state index contributed by atoms with van der Waals surface area (Å²) in [7, 11) is -3.73. The Morgan fingerprint density at radius 1 is 1.00 bits per heavy atom. The minimum Gasteiger partial charge on any atom is -0.455 e. The van der Waals surface area contributed by atoms with Crippen LogP contribution in [0.25, 0.3) is 0 Å². The number of ether oxygens (including phenoxy) is 2. The van der Waals surface area contributed by atoms with Gasteiger partial charge in [0.05, 0.1) is 30.2 Å². The second-order valence-corrected chi connectivity index (χ2v) is 9.68. The lowest BCUT2D eigenvalue weighted by Gasteiger charge is -2.26. The van der Waals surface area contributed by atoms with E-state index in [1.165, 1.54) is 16.4 Å². The van der Waals surface area contributed by atoms with Crippen LogP contribution in [0.1, 0.15) is 11.1 Å². The zero-order valence-electron chi connectivity index (χ0n) is 18.4.